The molecule has 0 saturated heterocycles. The molecule has 0 N–H and O–H groups in total. The third-order valence-corrected chi connectivity index (χ3v) is 5.62. The highest BCUT2D eigenvalue weighted by atomic mass is 35.5. The van der Waals surface area contributed by atoms with Crippen LogP contribution in [0.5, 0.6) is 0 Å². The average Bonchev–Trinajstić information content (AvgIpc) is 2.90. The minimum Gasteiger partial charge on any atom is -0.444 e. The quantitative estimate of drug-likeness (QED) is 0.650. The summed E-state index contributed by atoms with van der Waals surface area (Å²) < 4.78 is 13.0. The van der Waals surface area contributed by atoms with E-state index in [2.05, 4.69) is 29.8 Å². The number of hydrogen-bond acceptors (Lipinski definition) is 4. The summed E-state index contributed by atoms with van der Waals surface area (Å²) in [5.74, 6) is 1.06. The van der Waals surface area contributed by atoms with E-state index in [-0.39, 0.29) is 6.09 Å². The van der Waals surface area contributed by atoms with Gasteiger partial charge in [0.2, 0.25) is 5.28 Å². The number of imidazole rings is 1. The lowest BCUT2D eigenvalue weighted by molar-refractivity contribution is 0.0273. The SMILES string of the molecule is CC(C)(C)OC(=O)N1CCC=C(c2cn(COCCS(C)(C)C)c(Cl)n2)C1. The molecule has 27 heavy (non-hydrogen) atoms. The second-order valence-corrected chi connectivity index (χ2v) is 13.5. The topological polar surface area (TPSA) is 56.6 Å². The second kappa shape index (κ2) is 8.88. The Balaban J connectivity index is 1.96. The highest BCUT2D eigenvalue weighted by molar-refractivity contribution is 8.32. The van der Waals surface area contributed by atoms with Crippen LogP contribution in [0.4, 0.5) is 4.79 Å². The zero-order valence-corrected chi connectivity index (χ0v) is 18.8. The van der Waals surface area contributed by atoms with Gasteiger partial charge in [0, 0.05) is 18.5 Å². The van der Waals surface area contributed by atoms with Gasteiger partial charge in [0.15, 0.2) is 0 Å². The predicted octanol–water partition coefficient (Wildman–Crippen LogP) is 4.23. The fourth-order valence-corrected chi connectivity index (χ4v) is 3.33. The van der Waals surface area contributed by atoms with Crippen LogP contribution in [0.1, 0.15) is 32.9 Å². The third-order valence-electron chi connectivity index (χ3n) is 3.93. The van der Waals surface area contributed by atoms with Crippen LogP contribution in [0.2, 0.25) is 5.28 Å². The lowest BCUT2D eigenvalue weighted by Gasteiger charge is -2.29. The van der Waals surface area contributed by atoms with Crippen molar-refractivity contribution in [1.82, 2.24) is 14.5 Å². The van der Waals surface area contributed by atoms with E-state index < -0.39 is 15.6 Å². The van der Waals surface area contributed by atoms with E-state index in [9.17, 15) is 4.79 Å². The molecule has 1 aromatic heterocycles. The molecule has 2 rings (SSSR count). The van der Waals surface area contributed by atoms with E-state index in [1.807, 2.05) is 27.0 Å². The van der Waals surface area contributed by atoms with Crippen LogP contribution in [0.25, 0.3) is 5.57 Å². The largest absolute Gasteiger partial charge is 0.444 e. The lowest BCUT2D eigenvalue weighted by atomic mass is 10.1. The van der Waals surface area contributed by atoms with Crippen LogP contribution in [-0.2, 0) is 16.2 Å². The predicted molar refractivity (Wildman–Crippen MR) is 114 cm³/mol. The van der Waals surface area contributed by atoms with Gasteiger partial charge in [-0.25, -0.2) is 19.8 Å². The zero-order valence-electron chi connectivity index (χ0n) is 17.2. The Kier molecular flexibility index (Phi) is 7.27. The molecule has 0 aliphatic carbocycles. The van der Waals surface area contributed by atoms with Gasteiger partial charge < -0.3 is 14.4 Å². The van der Waals surface area contributed by atoms with Crippen LogP contribution in [0.3, 0.4) is 0 Å². The van der Waals surface area contributed by atoms with Gasteiger partial charge in [-0.2, -0.15) is 0 Å². The van der Waals surface area contributed by atoms with Crippen molar-refractivity contribution >= 4 is 33.3 Å². The van der Waals surface area contributed by atoms with Crippen LogP contribution >= 0.6 is 21.6 Å². The highest BCUT2D eigenvalue weighted by Crippen LogP contribution is 2.33. The maximum Gasteiger partial charge on any atom is 0.410 e. The monoisotopic (exact) mass is 417 g/mol. The number of nitrogens with zero attached hydrogens (tertiary/aromatic N) is 3. The van der Waals surface area contributed by atoms with Gasteiger partial charge in [0.25, 0.3) is 0 Å². The molecule has 6 nitrogen and oxygen atoms in total. The van der Waals surface area contributed by atoms with Crippen LogP contribution in [0.15, 0.2) is 12.3 Å². The van der Waals surface area contributed by atoms with Crippen molar-refractivity contribution in [2.24, 2.45) is 0 Å². The molecule has 0 aromatic carbocycles. The zero-order chi connectivity index (χ0) is 20.2. The molecule has 0 atom stereocenters. The molecule has 8 heteroatoms. The van der Waals surface area contributed by atoms with Crippen molar-refractivity contribution in [3.8, 4) is 0 Å². The Bertz CT molecular complexity index is 689. The van der Waals surface area contributed by atoms with E-state index in [0.29, 0.717) is 31.7 Å². The van der Waals surface area contributed by atoms with Gasteiger partial charge in [-0.05, 0) is 63.1 Å². The van der Waals surface area contributed by atoms with Gasteiger partial charge in [-0.15, -0.1) is 0 Å². The van der Waals surface area contributed by atoms with Crippen molar-refractivity contribution in [1.29, 1.82) is 0 Å². The number of aromatic nitrogens is 2. The summed E-state index contributed by atoms with van der Waals surface area (Å²) in [5.41, 5.74) is 1.25. The first kappa shape index (κ1) is 22.1. The molecule has 1 aliphatic rings. The summed E-state index contributed by atoms with van der Waals surface area (Å²) in [6, 6.07) is 0. The molecular weight excluding hydrogens is 386 g/mol. The van der Waals surface area contributed by atoms with E-state index in [1.165, 1.54) is 0 Å². The first-order valence-corrected chi connectivity index (χ1v) is 12.5. The number of rotatable bonds is 6. The lowest BCUT2D eigenvalue weighted by Crippen LogP contribution is -2.39. The third kappa shape index (κ3) is 7.39. The van der Waals surface area contributed by atoms with Gasteiger partial charge in [-0.3, -0.25) is 4.57 Å². The maximum atomic E-state index is 12.3. The second-order valence-electron chi connectivity index (χ2n) is 8.62. The molecule has 1 amide bonds. The Hall–Kier alpha value is -1.18. The van der Waals surface area contributed by atoms with E-state index >= 15 is 0 Å². The van der Waals surface area contributed by atoms with Crippen molar-refractivity contribution in [2.45, 2.75) is 39.5 Å². The molecule has 1 aromatic rings. The molecule has 0 fully saturated rings. The van der Waals surface area contributed by atoms with Crippen LogP contribution < -0.4 is 0 Å². The summed E-state index contributed by atoms with van der Waals surface area (Å²) in [5, 5.41) is 0.392. The molecule has 154 valence electrons. The summed E-state index contributed by atoms with van der Waals surface area (Å²) in [6.07, 6.45) is 11.3. The molecule has 2 heterocycles. The van der Waals surface area contributed by atoms with Crippen molar-refractivity contribution in [3.05, 3.63) is 23.3 Å². The van der Waals surface area contributed by atoms with Crippen molar-refractivity contribution in [2.75, 3.05) is 44.2 Å². The minimum absolute atomic E-state index is 0.299. The van der Waals surface area contributed by atoms with E-state index in [0.717, 1.165) is 23.4 Å². The van der Waals surface area contributed by atoms with Gasteiger partial charge in [0.05, 0.1) is 18.8 Å². The number of carbonyl (C=O) groups is 1. The standard InChI is InChI=1S/C19H32ClN3O3S/c1-19(2,3)26-18(24)22-9-7-8-15(12-22)16-13-23(17(20)21-16)14-25-10-11-27(4,5)6/h8,13H,7,9-12,14H2,1-6H3. The Morgan fingerprint density at radius 3 is 2.67 bits per heavy atom. The summed E-state index contributed by atoms with van der Waals surface area (Å²) in [6.45, 7) is 7.81. The molecule has 1 aliphatic heterocycles. The molecule has 0 unspecified atom stereocenters. The van der Waals surface area contributed by atoms with Gasteiger partial charge >= 0.3 is 6.09 Å². The smallest absolute Gasteiger partial charge is 0.410 e. The number of halogens is 1. The normalized spacial score (nSPS) is 16.3. The Morgan fingerprint density at radius 1 is 1.33 bits per heavy atom. The first-order chi connectivity index (χ1) is 12.4. The number of amides is 1. The Labute approximate surface area is 169 Å². The van der Waals surface area contributed by atoms with E-state index in [4.69, 9.17) is 21.1 Å². The average molecular weight is 418 g/mol. The number of ether oxygens (including phenoxy) is 2. The highest BCUT2D eigenvalue weighted by Gasteiger charge is 2.25. The minimum atomic E-state index is -0.569. The fourth-order valence-electron chi connectivity index (χ4n) is 2.52. The van der Waals surface area contributed by atoms with Gasteiger partial charge in [0.1, 0.15) is 12.3 Å². The fraction of sp³-hybridized carbons (Fsp3) is 0.684. The molecule has 0 saturated carbocycles. The molecule has 0 radical (unpaired) electrons. The van der Waals surface area contributed by atoms with Crippen molar-refractivity contribution < 1.29 is 14.3 Å². The first-order valence-electron chi connectivity index (χ1n) is 9.08. The van der Waals surface area contributed by atoms with E-state index in [1.54, 1.807) is 9.47 Å². The van der Waals surface area contributed by atoms with Crippen LogP contribution in [-0.4, -0.2) is 70.4 Å². The molecule has 0 bridgehead atoms. The summed E-state index contributed by atoms with van der Waals surface area (Å²) in [7, 11) is -0.569. The molecular formula is C19H32ClN3O3S. The number of hydrogen-bond donors (Lipinski definition) is 0. The van der Waals surface area contributed by atoms with Crippen molar-refractivity contribution in [3.63, 3.8) is 0 Å². The van der Waals surface area contributed by atoms with Crippen LogP contribution in [0, 0.1) is 0 Å². The summed E-state index contributed by atoms with van der Waals surface area (Å²) in [4.78, 5) is 18.5. The maximum absolute atomic E-state index is 12.3. The summed E-state index contributed by atoms with van der Waals surface area (Å²) >= 11 is 6.26. The molecule has 0 spiro atoms. The number of carbonyl (C=O) groups excluding carboxylic acids is 1. The van der Waals surface area contributed by atoms with Gasteiger partial charge in [-0.1, -0.05) is 6.08 Å². The Morgan fingerprint density at radius 2 is 2.04 bits per heavy atom.